The number of nitrogens with zero attached hydrogens (tertiary/aromatic N) is 2. The Kier molecular flexibility index (Phi) is 4.19. The second kappa shape index (κ2) is 6.45. The molecular formula is C16H12F3N5. The number of nitrogens with one attached hydrogen (secondary N) is 2. The smallest absolute Gasteiger partial charge is 0.160 e. The van der Waals surface area contributed by atoms with E-state index in [0.29, 0.717) is 11.5 Å². The molecule has 0 bridgehead atoms. The van der Waals surface area contributed by atoms with Crippen LogP contribution in [0.25, 0.3) is 0 Å². The third kappa shape index (κ3) is 3.37. The summed E-state index contributed by atoms with van der Waals surface area (Å²) in [6.45, 7) is 0. The number of nitrogen functional groups attached to an aromatic ring is 1. The topological polar surface area (TPSA) is 75.9 Å². The van der Waals surface area contributed by atoms with Gasteiger partial charge in [0.2, 0.25) is 0 Å². The average Bonchev–Trinajstić information content (AvgIpc) is 2.57. The van der Waals surface area contributed by atoms with Gasteiger partial charge in [0.25, 0.3) is 0 Å². The highest BCUT2D eigenvalue weighted by atomic mass is 19.2. The molecule has 4 N–H and O–H groups in total. The van der Waals surface area contributed by atoms with Crippen molar-refractivity contribution in [2.24, 2.45) is 0 Å². The van der Waals surface area contributed by atoms with Crippen LogP contribution in [0.15, 0.2) is 48.8 Å². The summed E-state index contributed by atoms with van der Waals surface area (Å²) in [6.07, 6.45) is 1.25. The lowest BCUT2D eigenvalue weighted by molar-refractivity contribution is 0.509. The highest BCUT2D eigenvalue weighted by Crippen LogP contribution is 2.28. The molecule has 0 amide bonds. The molecule has 5 nitrogen and oxygen atoms in total. The van der Waals surface area contributed by atoms with Gasteiger partial charge >= 0.3 is 0 Å². The van der Waals surface area contributed by atoms with Crippen molar-refractivity contribution in [2.45, 2.75) is 0 Å². The van der Waals surface area contributed by atoms with Crippen LogP contribution in [-0.4, -0.2) is 9.97 Å². The molecule has 3 rings (SSSR count). The standard InChI is InChI=1S/C16H12F3N5/c17-9-1-3-10(4-2-9)23-15-14(20)16(22-8-21-15)24-11-5-6-12(18)13(19)7-11/h1-8H,20H2,(H2,21,22,23,24). The van der Waals surface area contributed by atoms with Crippen LogP contribution in [0.3, 0.4) is 0 Å². The molecule has 3 aromatic rings. The summed E-state index contributed by atoms with van der Waals surface area (Å²) < 4.78 is 39.1. The molecule has 8 heteroatoms. The van der Waals surface area contributed by atoms with Crippen LogP contribution in [0.4, 0.5) is 41.9 Å². The largest absolute Gasteiger partial charge is 0.393 e. The van der Waals surface area contributed by atoms with E-state index in [1.165, 1.54) is 36.7 Å². The second-order valence-corrected chi connectivity index (χ2v) is 4.87. The molecule has 24 heavy (non-hydrogen) atoms. The maximum atomic E-state index is 13.3. The zero-order valence-corrected chi connectivity index (χ0v) is 12.2. The first-order valence-corrected chi connectivity index (χ1v) is 6.88. The Morgan fingerprint density at radius 2 is 1.33 bits per heavy atom. The molecule has 0 aliphatic rings. The number of nitrogens with two attached hydrogens (primary N) is 1. The zero-order valence-electron chi connectivity index (χ0n) is 12.2. The fraction of sp³-hybridized carbons (Fsp3) is 0. The Hall–Kier alpha value is -3.29. The highest BCUT2D eigenvalue weighted by Gasteiger charge is 2.10. The van der Waals surface area contributed by atoms with Crippen LogP contribution in [0.2, 0.25) is 0 Å². The van der Waals surface area contributed by atoms with Gasteiger partial charge in [0.1, 0.15) is 17.8 Å². The lowest BCUT2D eigenvalue weighted by Gasteiger charge is -2.12. The molecule has 0 atom stereocenters. The zero-order chi connectivity index (χ0) is 17.1. The van der Waals surface area contributed by atoms with Gasteiger partial charge in [-0.15, -0.1) is 0 Å². The van der Waals surface area contributed by atoms with E-state index >= 15 is 0 Å². The first-order chi connectivity index (χ1) is 11.5. The van der Waals surface area contributed by atoms with Crippen LogP contribution in [-0.2, 0) is 0 Å². The molecule has 0 fully saturated rings. The first-order valence-electron chi connectivity index (χ1n) is 6.88. The monoisotopic (exact) mass is 331 g/mol. The number of aromatic nitrogens is 2. The molecule has 0 aliphatic heterocycles. The van der Waals surface area contributed by atoms with Crippen molar-refractivity contribution in [3.63, 3.8) is 0 Å². The molecule has 122 valence electrons. The van der Waals surface area contributed by atoms with Crippen molar-refractivity contribution >= 4 is 28.7 Å². The van der Waals surface area contributed by atoms with Crippen LogP contribution in [0.1, 0.15) is 0 Å². The fourth-order valence-electron chi connectivity index (χ4n) is 1.98. The predicted octanol–water partition coefficient (Wildman–Crippen LogP) is 3.96. The van der Waals surface area contributed by atoms with Crippen LogP contribution >= 0.6 is 0 Å². The van der Waals surface area contributed by atoms with Gasteiger partial charge in [0, 0.05) is 17.4 Å². The highest BCUT2D eigenvalue weighted by molar-refractivity contribution is 5.80. The summed E-state index contributed by atoms with van der Waals surface area (Å²) in [5.41, 5.74) is 7.03. The van der Waals surface area contributed by atoms with Gasteiger partial charge in [-0.25, -0.2) is 23.1 Å². The molecule has 0 unspecified atom stereocenters. The Balaban J connectivity index is 1.84. The van der Waals surface area contributed by atoms with E-state index < -0.39 is 11.6 Å². The van der Waals surface area contributed by atoms with Gasteiger partial charge in [-0.1, -0.05) is 0 Å². The SMILES string of the molecule is Nc1c(Nc2ccc(F)cc2)ncnc1Nc1ccc(F)c(F)c1. The Morgan fingerprint density at radius 3 is 1.96 bits per heavy atom. The van der Waals surface area contributed by atoms with E-state index in [9.17, 15) is 13.2 Å². The minimum atomic E-state index is -0.989. The fourth-order valence-corrected chi connectivity index (χ4v) is 1.98. The van der Waals surface area contributed by atoms with E-state index in [0.717, 1.165) is 12.1 Å². The molecule has 0 saturated carbocycles. The molecule has 0 radical (unpaired) electrons. The first kappa shape index (κ1) is 15.6. The van der Waals surface area contributed by atoms with Crippen molar-refractivity contribution in [1.82, 2.24) is 9.97 Å². The minimum absolute atomic E-state index is 0.173. The molecule has 0 aliphatic carbocycles. The van der Waals surface area contributed by atoms with Gasteiger partial charge < -0.3 is 16.4 Å². The van der Waals surface area contributed by atoms with E-state index in [1.54, 1.807) is 0 Å². The van der Waals surface area contributed by atoms with E-state index in [2.05, 4.69) is 20.6 Å². The number of hydrogen-bond acceptors (Lipinski definition) is 5. The van der Waals surface area contributed by atoms with Crippen molar-refractivity contribution in [3.8, 4) is 0 Å². The number of rotatable bonds is 4. The minimum Gasteiger partial charge on any atom is -0.393 e. The van der Waals surface area contributed by atoms with E-state index in [4.69, 9.17) is 5.73 Å². The molecular weight excluding hydrogens is 319 g/mol. The maximum absolute atomic E-state index is 13.3. The average molecular weight is 331 g/mol. The number of hydrogen-bond donors (Lipinski definition) is 3. The second-order valence-electron chi connectivity index (χ2n) is 4.87. The van der Waals surface area contributed by atoms with Gasteiger partial charge in [-0.2, -0.15) is 0 Å². The predicted molar refractivity (Wildman–Crippen MR) is 85.8 cm³/mol. The van der Waals surface area contributed by atoms with Gasteiger partial charge in [0.05, 0.1) is 0 Å². The van der Waals surface area contributed by atoms with Crippen LogP contribution in [0, 0.1) is 17.5 Å². The molecule has 1 heterocycles. The summed E-state index contributed by atoms with van der Waals surface area (Å²) in [5.74, 6) is -1.79. The van der Waals surface area contributed by atoms with Gasteiger partial charge in [-0.3, -0.25) is 0 Å². The summed E-state index contributed by atoms with van der Waals surface area (Å²) in [4.78, 5) is 7.99. The summed E-state index contributed by atoms with van der Waals surface area (Å²) in [5, 5.41) is 5.72. The lowest BCUT2D eigenvalue weighted by atomic mass is 10.3. The van der Waals surface area contributed by atoms with Gasteiger partial charge in [-0.05, 0) is 36.4 Å². The van der Waals surface area contributed by atoms with Crippen molar-refractivity contribution in [1.29, 1.82) is 0 Å². The van der Waals surface area contributed by atoms with Crippen molar-refractivity contribution < 1.29 is 13.2 Å². The van der Waals surface area contributed by atoms with Crippen LogP contribution in [0.5, 0.6) is 0 Å². The number of halogens is 3. The summed E-state index contributed by atoms with van der Waals surface area (Å²) in [6, 6.07) is 8.97. The number of anilines is 5. The van der Waals surface area contributed by atoms with E-state index in [-0.39, 0.29) is 23.0 Å². The quantitative estimate of drug-likeness (QED) is 0.674. The lowest BCUT2D eigenvalue weighted by Crippen LogP contribution is -2.05. The summed E-state index contributed by atoms with van der Waals surface area (Å²) >= 11 is 0. The molecule has 1 aromatic heterocycles. The number of benzene rings is 2. The normalized spacial score (nSPS) is 10.5. The van der Waals surface area contributed by atoms with Crippen molar-refractivity contribution in [2.75, 3.05) is 16.4 Å². The third-order valence-corrected chi connectivity index (χ3v) is 3.17. The van der Waals surface area contributed by atoms with Crippen LogP contribution < -0.4 is 16.4 Å². The van der Waals surface area contributed by atoms with E-state index in [1.807, 2.05) is 0 Å². The molecule has 0 saturated heterocycles. The van der Waals surface area contributed by atoms with Crippen molar-refractivity contribution in [3.05, 3.63) is 66.2 Å². The Labute approximate surface area is 135 Å². The van der Waals surface area contributed by atoms with Gasteiger partial charge in [0.15, 0.2) is 23.3 Å². The maximum Gasteiger partial charge on any atom is 0.160 e. The molecule has 2 aromatic carbocycles. The Bertz CT molecular complexity index is 868. The third-order valence-electron chi connectivity index (χ3n) is 3.17. The summed E-state index contributed by atoms with van der Waals surface area (Å²) in [7, 11) is 0. The Morgan fingerprint density at radius 1 is 0.750 bits per heavy atom. The molecule has 0 spiro atoms.